The Kier molecular flexibility index (Phi) is 4.78. The van der Waals surface area contributed by atoms with Gasteiger partial charge in [0, 0.05) is 6.54 Å². The second kappa shape index (κ2) is 5.67. The maximum atomic E-state index is 11.4. The van der Waals surface area contributed by atoms with E-state index in [0.717, 1.165) is 18.3 Å². The summed E-state index contributed by atoms with van der Waals surface area (Å²) in [6.45, 7) is 6.05. The van der Waals surface area contributed by atoms with Crippen LogP contribution in [-0.4, -0.2) is 23.2 Å². The first-order valence-electron chi connectivity index (χ1n) is 6.40. The Labute approximate surface area is 98.6 Å². The molecule has 0 atom stereocenters. The molecule has 3 nitrogen and oxygen atoms in total. The van der Waals surface area contributed by atoms with Crippen LogP contribution in [0.25, 0.3) is 0 Å². The zero-order chi connectivity index (χ0) is 12.2. The van der Waals surface area contributed by atoms with E-state index in [4.69, 9.17) is 0 Å². The topological polar surface area (TPSA) is 49.3 Å². The number of hydrogen-bond donors (Lipinski definition) is 2. The number of amides is 1. The van der Waals surface area contributed by atoms with E-state index in [1.54, 1.807) is 0 Å². The summed E-state index contributed by atoms with van der Waals surface area (Å²) in [5, 5.41) is 12.2. The fourth-order valence-corrected chi connectivity index (χ4v) is 2.22. The van der Waals surface area contributed by atoms with E-state index >= 15 is 0 Å². The molecule has 1 aliphatic carbocycles. The summed E-state index contributed by atoms with van der Waals surface area (Å²) >= 11 is 0. The molecule has 1 rings (SSSR count). The van der Waals surface area contributed by atoms with Gasteiger partial charge in [-0.1, -0.05) is 32.6 Å². The SMILES string of the molecule is CC1CCC(CCNC(=O)C(C)(C)O)CC1. The second-order valence-electron chi connectivity index (χ2n) is 5.73. The van der Waals surface area contributed by atoms with Crippen LogP contribution in [-0.2, 0) is 4.79 Å². The number of aliphatic hydroxyl groups is 1. The summed E-state index contributed by atoms with van der Waals surface area (Å²) in [4.78, 5) is 11.4. The largest absolute Gasteiger partial charge is 0.381 e. The lowest BCUT2D eigenvalue weighted by Gasteiger charge is -2.26. The molecular formula is C13H25NO2. The minimum absolute atomic E-state index is 0.267. The van der Waals surface area contributed by atoms with E-state index in [1.807, 2.05) is 0 Å². The fraction of sp³-hybridized carbons (Fsp3) is 0.923. The lowest BCUT2D eigenvalue weighted by molar-refractivity contribution is -0.136. The average Bonchev–Trinajstić information content (AvgIpc) is 2.19. The quantitative estimate of drug-likeness (QED) is 0.772. The Bertz CT molecular complexity index is 225. The predicted octanol–water partition coefficient (Wildman–Crippen LogP) is 2.09. The van der Waals surface area contributed by atoms with Crippen molar-refractivity contribution in [2.24, 2.45) is 11.8 Å². The van der Waals surface area contributed by atoms with Crippen molar-refractivity contribution in [3.8, 4) is 0 Å². The smallest absolute Gasteiger partial charge is 0.251 e. The third-order valence-electron chi connectivity index (χ3n) is 3.53. The molecule has 0 heterocycles. The summed E-state index contributed by atoms with van der Waals surface area (Å²) in [6, 6.07) is 0. The zero-order valence-electron chi connectivity index (χ0n) is 10.8. The van der Waals surface area contributed by atoms with Gasteiger partial charge in [-0.15, -0.1) is 0 Å². The van der Waals surface area contributed by atoms with Crippen LogP contribution >= 0.6 is 0 Å². The number of carbonyl (C=O) groups excluding carboxylic acids is 1. The van der Waals surface area contributed by atoms with Crippen molar-refractivity contribution in [3.63, 3.8) is 0 Å². The summed E-state index contributed by atoms with van der Waals surface area (Å²) < 4.78 is 0. The molecule has 0 aliphatic heterocycles. The highest BCUT2D eigenvalue weighted by Gasteiger charge is 2.23. The van der Waals surface area contributed by atoms with Crippen molar-refractivity contribution >= 4 is 5.91 Å². The standard InChI is InChI=1S/C13H25NO2/c1-10-4-6-11(7-5-10)8-9-14-12(15)13(2,3)16/h10-11,16H,4-9H2,1-3H3,(H,14,15). The van der Waals surface area contributed by atoms with Gasteiger partial charge in [0.2, 0.25) is 0 Å². The molecule has 0 aromatic rings. The molecule has 94 valence electrons. The van der Waals surface area contributed by atoms with Gasteiger partial charge < -0.3 is 10.4 Å². The Morgan fingerprint density at radius 1 is 1.31 bits per heavy atom. The number of nitrogens with one attached hydrogen (secondary N) is 1. The van der Waals surface area contributed by atoms with Gasteiger partial charge in [-0.2, -0.15) is 0 Å². The average molecular weight is 227 g/mol. The minimum Gasteiger partial charge on any atom is -0.381 e. The summed E-state index contributed by atoms with van der Waals surface area (Å²) in [6.07, 6.45) is 6.28. The van der Waals surface area contributed by atoms with Gasteiger partial charge in [-0.3, -0.25) is 4.79 Å². The van der Waals surface area contributed by atoms with Gasteiger partial charge in [0.1, 0.15) is 5.60 Å². The maximum Gasteiger partial charge on any atom is 0.251 e. The van der Waals surface area contributed by atoms with E-state index in [0.29, 0.717) is 6.54 Å². The molecule has 3 heteroatoms. The molecule has 0 aromatic heterocycles. The van der Waals surface area contributed by atoms with Crippen LogP contribution in [0.3, 0.4) is 0 Å². The highest BCUT2D eigenvalue weighted by Crippen LogP contribution is 2.29. The lowest BCUT2D eigenvalue weighted by atomic mass is 9.81. The van der Waals surface area contributed by atoms with E-state index in [1.165, 1.54) is 39.5 Å². The minimum atomic E-state index is -1.25. The van der Waals surface area contributed by atoms with E-state index in [-0.39, 0.29) is 5.91 Å². The highest BCUT2D eigenvalue weighted by atomic mass is 16.3. The molecule has 16 heavy (non-hydrogen) atoms. The van der Waals surface area contributed by atoms with Crippen LogP contribution in [0.1, 0.15) is 52.9 Å². The van der Waals surface area contributed by atoms with Crippen LogP contribution in [0, 0.1) is 11.8 Å². The van der Waals surface area contributed by atoms with Crippen molar-refractivity contribution in [2.45, 2.75) is 58.5 Å². The predicted molar refractivity (Wildman–Crippen MR) is 65.0 cm³/mol. The molecule has 0 saturated heterocycles. The number of hydrogen-bond acceptors (Lipinski definition) is 2. The number of carbonyl (C=O) groups is 1. The molecule has 0 bridgehead atoms. The van der Waals surface area contributed by atoms with Crippen LogP contribution < -0.4 is 5.32 Å². The van der Waals surface area contributed by atoms with Crippen LogP contribution in [0.5, 0.6) is 0 Å². The molecular weight excluding hydrogens is 202 g/mol. The molecule has 1 saturated carbocycles. The molecule has 1 amide bonds. The fourth-order valence-electron chi connectivity index (χ4n) is 2.22. The monoisotopic (exact) mass is 227 g/mol. The molecule has 0 spiro atoms. The Morgan fingerprint density at radius 2 is 1.88 bits per heavy atom. The van der Waals surface area contributed by atoms with Crippen LogP contribution in [0.4, 0.5) is 0 Å². The van der Waals surface area contributed by atoms with Gasteiger partial charge in [-0.25, -0.2) is 0 Å². The first-order chi connectivity index (χ1) is 7.39. The van der Waals surface area contributed by atoms with Gasteiger partial charge >= 0.3 is 0 Å². The molecule has 0 unspecified atom stereocenters. The van der Waals surface area contributed by atoms with E-state index < -0.39 is 5.60 Å². The molecule has 1 fully saturated rings. The second-order valence-corrected chi connectivity index (χ2v) is 5.73. The van der Waals surface area contributed by atoms with Gasteiger partial charge in [0.25, 0.3) is 5.91 Å². The van der Waals surface area contributed by atoms with Gasteiger partial charge in [-0.05, 0) is 32.1 Å². The summed E-state index contributed by atoms with van der Waals surface area (Å²) in [5.74, 6) is 1.37. The normalized spacial score (nSPS) is 26.5. The van der Waals surface area contributed by atoms with Crippen molar-refractivity contribution < 1.29 is 9.90 Å². The molecule has 1 aliphatic rings. The zero-order valence-corrected chi connectivity index (χ0v) is 10.8. The van der Waals surface area contributed by atoms with Crippen LogP contribution in [0.2, 0.25) is 0 Å². The first kappa shape index (κ1) is 13.5. The maximum absolute atomic E-state index is 11.4. The third-order valence-corrected chi connectivity index (χ3v) is 3.53. The Balaban J connectivity index is 2.14. The third kappa shape index (κ3) is 4.52. The summed E-state index contributed by atoms with van der Waals surface area (Å²) in [5.41, 5.74) is -1.25. The van der Waals surface area contributed by atoms with Crippen molar-refractivity contribution in [3.05, 3.63) is 0 Å². The van der Waals surface area contributed by atoms with Crippen molar-refractivity contribution in [2.75, 3.05) is 6.54 Å². The first-order valence-corrected chi connectivity index (χ1v) is 6.40. The Morgan fingerprint density at radius 3 is 2.38 bits per heavy atom. The number of rotatable bonds is 4. The molecule has 2 N–H and O–H groups in total. The van der Waals surface area contributed by atoms with Crippen LogP contribution in [0.15, 0.2) is 0 Å². The van der Waals surface area contributed by atoms with E-state index in [9.17, 15) is 9.90 Å². The van der Waals surface area contributed by atoms with E-state index in [2.05, 4.69) is 12.2 Å². The Hall–Kier alpha value is -0.570. The van der Waals surface area contributed by atoms with Crippen molar-refractivity contribution in [1.29, 1.82) is 0 Å². The van der Waals surface area contributed by atoms with Gasteiger partial charge in [0.05, 0.1) is 0 Å². The lowest BCUT2D eigenvalue weighted by Crippen LogP contribution is -2.42. The molecule has 0 radical (unpaired) electrons. The molecule has 0 aromatic carbocycles. The highest BCUT2D eigenvalue weighted by molar-refractivity contribution is 5.83. The van der Waals surface area contributed by atoms with Crippen molar-refractivity contribution in [1.82, 2.24) is 5.32 Å². The summed E-state index contributed by atoms with van der Waals surface area (Å²) in [7, 11) is 0. The van der Waals surface area contributed by atoms with Gasteiger partial charge in [0.15, 0.2) is 0 Å².